The first kappa shape index (κ1) is 14.3. The predicted octanol–water partition coefficient (Wildman–Crippen LogP) is 4.30. The highest BCUT2D eigenvalue weighted by atomic mass is 79.9. The lowest BCUT2D eigenvalue weighted by Gasteiger charge is -2.19. The maximum Gasteiger partial charge on any atom is 0.256 e. The van der Waals surface area contributed by atoms with Gasteiger partial charge in [0, 0.05) is 18.4 Å². The maximum atomic E-state index is 12.1. The van der Waals surface area contributed by atoms with Crippen molar-refractivity contribution in [2.45, 2.75) is 13.3 Å². The molecule has 1 heterocycles. The molecule has 0 fully saturated rings. The zero-order chi connectivity index (χ0) is 12.1. The van der Waals surface area contributed by atoms with Gasteiger partial charge >= 0.3 is 0 Å². The number of alkyl halides is 1. The zero-order valence-electron chi connectivity index (χ0n) is 8.80. The Labute approximate surface area is 118 Å². The van der Waals surface area contributed by atoms with Crippen molar-refractivity contribution in [1.82, 2.24) is 4.90 Å². The van der Waals surface area contributed by atoms with Crippen LogP contribution in [0.2, 0.25) is 8.67 Å². The van der Waals surface area contributed by atoms with Crippen molar-refractivity contribution in [1.29, 1.82) is 0 Å². The Balaban J connectivity index is 2.78. The van der Waals surface area contributed by atoms with Gasteiger partial charge in [-0.1, -0.05) is 39.1 Å². The lowest BCUT2D eigenvalue weighted by atomic mass is 10.3. The molecule has 6 heteroatoms. The Kier molecular flexibility index (Phi) is 6.11. The highest BCUT2D eigenvalue weighted by molar-refractivity contribution is 9.09. The number of thiophene rings is 1. The summed E-state index contributed by atoms with van der Waals surface area (Å²) in [5.74, 6) is -0.0448. The molecule has 90 valence electrons. The number of nitrogens with zero attached hydrogens (tertiary/aromatic N) is 1. The molecular formula is C10H12BrCl2NOS. The largest absolute Gasteiger partial charge is 0.339 e. The number of halogens is 3. The van der Waals surface area contributed by atoms with E-state index in [0.717, 1.165) is 18.3 Å². The molecule has 1 rings (SSSR count). The van der Waals surface area contributed by atoms with Crippen molar-refractivity contribution in [3.05, 3.63) is 20.3 Å². The van der Waals surface area contributed by atoms with Crippen molar-refractivity contribution in [2.75, 3.05) is 18.4 Å². The number of rotatable bonds is 5. The third-order valence-electron chi connectivity index (χ3n) is 2.12. The highest BCUT2D eigenvalue weighted by Gasteiger charge is 2.19. The van der Waals surface area contributed by atoms with Crippen molar-refractivity contribution in [3.63, 3.8) is 0 Å². The van der Waals surface area contributed by atoms with E-state index in [2.05, 4.69) is 15.9 Å². The van der Waals surface area contributed by atoms with Gasteiger partial charge in [-0.25, -0.2) is 0 Å². The van der Waals surface area contributed by atoms with Gasteiger partial charge in [-0.05, 0) is 19.4 Å². The summed E-state index contributed by atoms with van der Waals surface area (Å²) in [6.45, 7) is 3.36. The minimum Gasteiger partial charge on any atom is -0.339 e. The van der Waals surface area contributed by atoms with Crippen LogP contribution < -0.4 is 0 Å². The van der Waals surface area contributed by atoms with Crippen molar-refractivity contribution >= 4 is 56.4 Å². The van der Waals surface area contributed by atoms with Crippen LogP contribution in [0.1, 0.15) is 23.7 Å². The maximum absolute atomic E-state index is 12.1. The molecule has 16 heavy (non-hydrogen) atoms. The Morgan fingerprint density at radius 3 is 2.69 bits per heavy atom. The Morgan fingerprint density at radius 2 is 2.25 bits per heavy atom. The monoisotopic (exact) mass is 343 g/mol. The molecule has 0 aliphatic heterocycles. The van der Waals surface area contributed by atoms with Crippen LogP contribution in [0.15, 0.2) is 6.07 Å². The quantitative estimate of drug-likeness (QED) is 0.729. The van der Waals surface area contributed by atoms with Crippen LogP contribution in [0.25, 0.3) is 0 Å². The van der Waals surface area contributed by atoms with Crippen LogP contribution in [0.4, 0.5) is 0 Å². The molecule has 1 amide bonds. The highest BCUT2D eigenvalue weighted by Crippen LogP contribution is 2.31. The Hall–Kier alpha value is 0.230. The first-order valence-electron chi connectivity index (χ1n) is 4.90. The molecule has 0 spiro atoms. The molecule has 0 aliphatic rings. The van der Waals surface area contributed by atoms with E-state index >= 15 is 0 Å². The van der Waals surface area contributed by atoms with E-state index in [0.29, 0.717) is 20.8 Å². The minimum absolute atomic E-state index is 0.0448. The van der Waals surface area contributed by atoms with E-state index in [1.165, 1.54) is 11.3 Å². The van der Waals surface area contributed by atoms with Gasteiger partial charge in [-0.2, -0.15) is 0 Å². The van der Waals surface area contributed by atoms with Crippen molar-refractivity contribution < 1.29 is 4.79 Å². The fourth-order valence-electron chi connectivity index (χ4n) is 1.31. The second kappa shape index (κ2) is 6.84. The number of amides is 1. The van der Waals surface area contributed by atoms with Gasteiger partial charge in [-0.3, -0.25) is 4.79 Å². The van der Waals surface area contributed by atoms with E-state index < -0.39 is 0 Å². The summed E-state index contributed by atoms with van der Waals surface area (Å²) in [5, 5.41) is 0.884. The van der Waals surface area contributed by atoms with Crippen LogP contribution in [0.5, 0.6) is 0 Å². The normalized spacial score (nSPS) is 10.5. The summed E-state index contributed by atoms with van der Waals surface area (Å²) in [4.78, 5) is 13.9. The van der Waals surface area contributed by atoms with Gasteiger partial charge in [0.1, 0.15) is 4.34 Å². The van der Waals surface area contributed by atoms with Crippen LogP contribution in [-0.4, -0.2) is 29.2 Å². The molecule has 2 nitrogen and oxygen atoms in total. The first-order valence-corrected chi connectivity index (χ1v) is 7.59. The summed E-state index contributed by atoms with van der Waals surface area (Å²) >= 11 is 16.3. The molecule has 0 saturated heterocycles. The number of hydrogen-bond donors (Lipinski definition) is 0. The van der Waals surface area contributed by atoms with Gasteiger partial charge in [0.05, 0.1) is 9.90 Å². The lowest BCUT2D eigenvalue weighted by Crippen LogP contribution is -2.31. The standard InChI is InChI=1S/C10H12BrCl2NOS/c1-2-14(5-3-4-11)10(15)7-6-8(12)16-9(7)13/h6H,2-5H2,1H3. The van der Waals surface area contributed by atoms with Gasteiger partial charge < -0.3 is 4.90 Å². The number of hydrogen-bond acceptors (Lipinski definition) is 2. The predicted molar refractivity (Wildman–Crippen MR) is 74.3 cm³/mol. The molecule has 0 aromatic carbocycles. The molecule has 0 atom stereocenters. The number of carbonyl (C=O) groups excluding carboxylic acids is 1. The van der Waals surface area contributed by atoms with E-state index in [-0.39, 0.29) is 5.91 Å². The molecule has 1 aromatic rings. The average Bonchev–Trinajstić information content (AvgIpc) is 2.58. The molecule has 1 aromatic heterocycles. The molecule has 0 radical (unpaired) electrons. The minimum atomic E-state index is -0.0448. The van der Waals surface area contributed by atoms with Crippen LogP contribution >= 0.6 is 50.5 Å². The van der Waals surface area contributed by atoms with E-state index in [1.54, 1.807) is 11.0 Å². The third kappa shape index (κ3) is 3.62. The smallest absolute Gasteiger partial charge is 0.256 e. The molecule has 0 aliphatic carbocycles. The fourth-order valence-corrected chi connectivity index (χ4v) is 3.01. The SMILES string of the molecule is CCN(CCCBr)C(=O)c1cc(Cl)sc1Cl. The summed E-state index contributed by atoms with van der Waals surface area (Å²) in [6, 6.07) is 1.63. The van der Waals surface area contributed by atoms with E-state index in [4.69, 9.17) is 23.2 Å². The van der Waals surface area contributed by atoms with Crippen molar-refractivity contribution in [2.24, 2.45) is 0 Å². The molecule has 0 unspecified atom stereocenters. The molecule has 0 bridgehead atoms. The van der Waals surface area contributed by atoms with Gasteiger partial charge in [0.2, 0.25) is 0 Å². The summed E-state index contributed by atoms with van der Waals surface area (Å²) in [7, 11) is 0. The van der Waals surface area contributed by atoms with Gasteiger partial charge in [0.15, 0.2) is 0 Å². The van der Waals surface area contributed by atoms with Crippen LogP contribution in [-0.2, 0) is 0 Å². The van der Waals surface area contributed by atoms with Crippen LogP contribution in [0, 0.1) is 0 Å². The van der Waals surface area contributed by atoms with Gasteiger partial charge in [-0.15, -0.1) is 11.3 Å². The second-order valence-corrected chi connectivity index (χ2v) is 6.24. The average molecular weight is 345 g/mol. The summed E-state index contributed by atoms with van der Waals surface area (Å²) < 4.78 is 1.01. The van der Waals surface area contributed by atoms with Gasteiger partial charge in [0.25, 0.3) is 5.91 Å². The van der Waals surface area contributed by atoms with E-state index in [1.807, 2.05) is 6.92 Å². The van der Waals surface area contributed by atoms with Crippen molar-refractivity contribution in [3.8, 4) is 0 Å². The second-order valence-electron chi connectivity index (χ2n) is 3.17. The first-order chi connectivity index (χ1) is 7.60. The Bertz CT molecular complexity index is 370. The number of carbonyl (C=O) groups is 1. The zero-order valence-corrected chi connectivity index (χ0v) is 12.7. The summed E-state index contributed by atoms with van der Waals surface area (Å²) in [6.07, 6.45) is 0.926. The Morgan fingerprint density at radius 1 is 1.56 bits per heavy atom. The molecule has 0 saturated carbocycles. The van der Waals surface area contributed by atoms with E-state index in [9.17, 15) is 4.79 Å². The molecule has 0 N–H and O–H groups in total. The lowest BCUT2D eigenvalue weighted by molar-refractivity contribution is 0.0766. The molecular weight excluding hydrogens is 333 g/mol. The third-order valence-corrected chi connectivity index (χ3v) is 4.17. The summed E-state index contributed by atoms with van der Waals surface area (Å²) in [5.41, 5.74) is 0.507. The fraction of sp³-hybridized carbons (Fsp3) is 0.500. The van der Waals surface area contributed by atoms with Crippen LogP contribution in [0.3, 0.4) is 0 Å². The topological polar surface area (TPSA) is 20.3 Å².